The third-order valence-electron chi connectivity index (χ3n) is 5.23. The van der Waals surface area contributed by atoms with Gasteiger partial charge in [-0.3, -0.25) is 0 Å². The molecule has 0 fully saturated rings. The number of nitrogens with zero attached hydrogens (tertiary/aromatic N) is 2. The first-order chi connectivity index (χ1) is 15.7. The molecule has 0 aliphatic rings. The Bertz CT molecular complexity index is 1510. The van der Waals surface area contributed by atoms with Crippen LogP contribution in [-0.4, -0.2) is 0 Å². The summed E-state index contributed by atoms with van der Waals surface area (Å²) >= 11 is 0. The zero-order valence-corrected chi connectivity index (χ0v) is 16.6. The van der Waals surface area contributed by atoms with Crippen molar-refractivity contribution in [3.8, 4) is 11.3 Å². The predicted octanol–water partition coefficient (Wildman–Crippen LogP) is 6.68. The van der Waals surface area contributed by atoms with Gasteiger partial charge in [-0.2, -0.15) is 4.57 Å². The molecular formula is C25H25N2O+. The zero-order chi connectivity index (χ0) is 25.3. The van der Waals surface area contributed by atoms with Gasteiger partial charge in [-0.15, -0.1) is 0 Å². The lowest BCUT2D eigenvalue weighted by Crippen LogP contribution is -2.35. The summed E-state index contributed by atoms with van der Waals surface area (Å²) in [5.74, 6) is -1.91. The average Bonchev–Trinajstić information content (AvgIpc) is 3.15. The van der Waals surface area contributed by atoms with Crippen molar-refractivity contribution in [1.82, 2.24) is 0 Å². The topological polar surface area (TPSA) is 21.4 Å². The van der Waals surface area contributed by atoms with Crippen molar-refractivity contribution >= 4 is 27.6 Å². The van der Waals surface area contributed by atoms with Gasteiger partial charge in [0.2, 0.25) is 11.4 Å². The molecule has 2 heterocycles. The summed E-state index contributed by atoms with van der Waals surface area (Å²) in [5, 5.41) is 1.23. The van der Waals surface area contributed by atoms with Crippen LogP contribution in [0.25, 0.3) is 38.0 Å². The molecule has 0 saturated heterocycles. The van der Waals surface area contributed by atoms with Gasteiger partial charge in [-0.25, -0.2) is 4.85 Å². The molecule has 3 heteroatoms. The maximum absolute atomic E-state index is 8.76. The third kappa shape index (κ3) is 2.68. The lowest BCUT2D eigenvalue weighted by molar-refractivity contribution is -0.666. The highest BCUT2D eigenvalue weighted by Crippen LogP contribution is 2.41. The second kappa shape index (κ2) is 6.49. The number of hydrogen-bond acceptors (Lipinski definition) is 1. The monoisotopic (exact) mass is 375 g/mol. The Kier molecular flexibility index (Phi) is 2.87. The van der Waals surface area contributed by atoms with Crippen LogP contribution in [0.3, 0.4) is 0 Å². The van der Waals surface area contributed by atoms with E-state index in [9.17, 15) is 0 Å². The molecule has 0 spiro atoms. The molecule has 0 amide bonds. The number of rotatable bonds is 2. The van der Waals surface area contributed by atoms with Gasteiger partial charge in [-0.1, -0.05) is 31.5 Å². The fraction of sp³-hybridized carbons (Fsp3) is 0.280. The van der Waals surface area contributed by atoms with E-state index in [1.165, 1.54) is 13.0 Å². The van der Waals surface area contributed by atoms with E-state index >= 15 is 0 Å². The number of hydrogen-bond donors (Lipinski definition) is 0. The lowest BCUT2D eigenvalue weighted by Gasteiger charge is -2.08. The third-order valence-corrected chi connectivity index (χ3v) is 5.23. The van der Waals surface area contributed by atoms with Gasteiger partial charge in [0.25, 0.3) is 0 Å². The summed E-state index contributed by atoms with van der Waals surface area (Å²) < 4.78 is 57.1. The molecule has 0 N–H and O–H groups in total. The Morgan fingerprint density at radius 1 is 1.18 bits per heavy atom. The molecule has 4 aromatic rings. The van der Waals surface area contributed by atoms with Crippen LogP contribution >= 0.6 is 0 Å². The van der Waals surface area contributed by atoms with E-state index in [0.29, 0.717) is 50.5 Å². The maximum atomic E-state index is 8.76. The predicted molar refractivity (Wildman–Crippen MR) is 115 cm³/mol. The van der Waals surface area contributed by atoms with Crippen LogP contribution in [0.4, 0.5) is 5.69 Å². The van der Waals surface area contributed by atoms with Gasteiger partial charge in [0.1, 0.15) is 18.2 Å². The molecule has 4 rings (SSSR count). The Labute approximate surface area is 174 Å². The summed E-state index contributed by atoms with van der Waals surface area (Å²) in [6.07, 6.45) is 0. The molecule has 3 nitrogen and oxygen atoms in total. The van der Waals surface area contributed by atoms with Crippen molar-refractivity contribution in [2.45, 2.75) is 40.4 Å². The fourth-order valence-corrected chi connectivity index (χ4v) is 3.66. The molecule has 0 radical (unpaired) electrons. The van der Waals surface area contributed by atoms with Crippen LogP contribution in [0.2, 0.25) is 0 Å². The molecule has 2 aromatic heterocycles. The van der Waals surface area contributed by atoms with Crippen LogP contribution in [0, 0.1) is 27.3 Å². The number of furan rings is 1. The minimum absolute atomic E-state index is 0.138. The molecular weight excluding hydrogens is 344 g/mol. The Morgan fingerprint density at radius 2 is 1.96 bits per heavy atom. The highest BCUT2D eigenvalue weighted by atomic mass is 16.3. The van der Waals surface area contributed by atoms with Crippen molar-refractivity contribution in [2.75, 3.05) is 0 Å². The normalized spacial score (nSPS) is 17.1. The first-order valence-corrected chi connectivity index (χ1v) is 9.07. The van der Waals surface area contributed by atoms with Crippen molar-refractivity contribution in [3.05, 3.63) is 70.2 Å². The smallest absolute Gasteiger partial charge is 0.229 e. The molecule has 1 atom stereocenters. The van der Waals surface area contributed by atoms with Gasteiger partial charge >= 0.3 is 0 Å². The van der Waals surface area contributed by atoms with E-state index in [2.05, 4.69) is 4.85 Å². The van der Waals surface area contributed by atoms with Gasteiger partial charge in [0, 0.05) is 35.3 Å². The number of fused-ring (bicyclic) bond motifs is 3. The number of pyridine rings is 1. The van der Waals surface area contributed by atoms with E-state index in [0.717, 1.165) is 5.56 Å². The van der Waals surface area contributed by atoms with E-state index in [1.807, 2.05) is 37.6 Å². The summed E-state index contributed by atoms with van der Waals surface area (Å²) in [6, 6.07) is 7.34. The van der Waals surface area contributed by atoms with E-state index in [-0.39, 0.29) is 17.3 Å². The Morgan fingerprint density at radius 3 is 2.68 bits per heavy atom. The Balaban J connectivity index is 2.17. The van der Waals surface area contributed by atoms with Crippen LogP contribution in [-0.2, 0) is 7.05 Å². The van der Waals surface area contributed by atoms with Crippen LogP contribution < -0.4 is 4.57 Å². The molecule has 1 unspecified atom stereocenters. The minimum Gasteiger partial charge on any atom is -0.466 e. The van der Waals surface area contributed by atoms with Gasteiger partial charge in [-0.05, 0) is 43.0 Å². The number of benzene rings is 2. The first-order valence-electron chi connectivity index (χ1n) is 12.1. The summed E-state index contributed by atoms with van der Waals surface area (Å²) in [4.78, 5) is 3.57. The van der Waals surface area contributed by atoms with E-state index in [4.69, 9.17) is 19.2 Å². The summed E-state index contributed by atoms with van der Waals surface area (Å²) in [6.45, 7) is 11.9. The number of aromatic nitrogens is 1. The SMILES string of the molecule is [2H]c1c(C)c([2H])c(-c2c(C)ccc3c2oc2c([N+]#[C-])cc(C([2H])(C)C([2H])([2H])[2H])cc23)[n+](C)c1C. The highest BCUT2D eigenvalue weighted by molar-refractivity contribution is 6.13. The lowest BCUT2D eigenvalue weighted by atomic mass is 9.97. The highest BCUT2D eigenvalue weighted by Gasteiger charge is 2.23. The minimum atomic E-state index is -2.58. The largest absolute Gasteiger partial charge is 0.466 e. The second-order valence-corrected chi connectivity index (χ2v) is 7.21. The molecule has 0 aliphatic heterocycles. The second-order valence-electron chi connectivity index (χ2n) is 7.21. The molecule has 0 bridgehead atoms. The van der Waals surface area contributed by atoms with E-state index in [1.54, 1.807) is 13.0 Å². The van der Waals surface area contributed by atoms with Crippen LogP contribution in [0.15, 0.2) is 40.8 Å². The van der Waals surface area contributed by atoms with Gasteiger partial charge in [0.15, 0.2) is 5.69 Å². The maximum Gasteiger partial charge on any atom is 0.229 e. The van der Waals surface area contributed by atoms with Crippen molar-refractivity contribution < 1.29 is 17.2 Å². The van der Waals surface area contributed by atoms with Crippen LogP contribution in [0.1, 0.15) is 50.3 Å². The van der Waals surface area contributed by atoms with Crippen molar-refractivity contribution in [1.29, 1.82) is 0 Å². The van der Waals surface area contributed by atoms with Gasteiger partial charge in [0.05, 0.1) is 14.9 Å². The standard InChI is InChI=1S/C25H25N2O/c1-14(2)18-12-20-19-9-8-16(4)23(22-11-15(3)10-17(5)27(22)7)25(19)28-24(20)21(13-18)26-6/h8-14H,1-5,7H3/q+1/i1D3,10D,11D,14D. The number of aryl methyl sites for hydroxylation is 1. The fourth-order valence-electron chi connectivity index (χ4n) is 3.66. The Hall–Kier alpha value is -3.12. The van der Waals surface area contributed by atoms with Gasteiger partial charge < -0.3 is 4.42 Å². The van der Waals surface area contributed by atoms with Crippen molar-refractivity contribution in [2.24, 2.45) is 7.05 Å². The molecule has 28 heavy (non-hydrogen) atoms. The summed E-state index contributed by atoms with van der Waals surface area (Å²) in [7, 11) is 1.81. The molecule has 2 aromatic carbocycles. The van der Waals surface area contributed by atoms with Crippen LogP contribution in [0.5, 0.6) is 0 Å². The zero-order valence-electron chi connectivity index (χ0n) is 22.6. The summed E-state index contributed by atoms with van der Waals surface area (Å²) in [5.41, 5.74) is 4.59. The molecule has 0 aliphatic carbocycles. The van der Waals surface area contributed by atoms with E-state index < -0.39 is 12.7 Å². The average molecular weight is 376 g/mol. The quantitative estimate of drug-likeness (QED) is 0.283. The van der Waals surface area contributed by atoms with Crippen molar-refractivity contribution in [3.63, 3.8) is 0 Å². The molecule has 140 valence electrons. The molecule has 0 saturated carbocycles. The first kappa shape index (κ1) is 12.4.